The molecule has 0 radical (unpaired) electrons. The van der Waals surface area contributed by atoms with Gasteiger partial charge in [0.25, 0.3) is 0 Å². The molecule has 0 bridgehead atoms. The minimum absolute atomic E-state index is 0.274. The van der Waals surface area contributed by atoms with Gasteiger partial charge in [0, 0.05) is 44.7 Å². The second-order valence-corrected chi connectivity index (χ2v) is 12.7. The predicted molar refractivity (Wildman–Crippen MR) is 157 cm³/mol. The molecule has 1 saturated carbocycles. The number of carboxylic acid groups (broad SMARTS) is 1. The number of fused-ring (bicyclic) bond motifs is 1. The van der Waals surface area contributed by atoms with Crippen molar-refractivity contribution in [3.63, 3.8) is 0 Å². The fraction of sp³-hybridized carbons (Fsp3) is 0.548. The fourth-order valence-corrected chi connectivity index (χ4v) is 7.84. The Hall–Kier alpha value is -2.12. The van der Waals surface area contributed by atoms with E-state index in [4.69, 9.17) is 23.2 Å². The molecule has 1 aliphatic carbocycles. The number of nitrogens with zero attached hydrogens (tertiary/aromatic N) is 4. The van der Waals surface area contributed by atoms with Crippen molar-refractivity contribution >= 4 is 40.2 Å². The van der Waals surface area contributed by atoms with Gasteiger partial charge in [-0.05, 0) is 55.2 Å². The zero-order valence-electron chi connectivity index (χ0n) is 22.4. The Balaban J connectivity index is 1.15. The number of imidazole rings is 1. The van der Waals surface area contributed by atoms with E-state index in [-0.39, 0.29) is 12.0 Å². The van der Waals surface area contributed by atoms with Crippen LogP contribution in [-0.4, -0.2) is 69.2 Å². The smallest absolute Gasteiger partial charge is 0.321 e. The highest BCUT2D eigenvalue weighted by Crippen LogP contribution is 2.39. The summed E-state index contributed by atoms with van der Waals surface area (Å²) in [4.78, 5) is 22.0. The van der Waals surface area contributed by atoms with Gasteiger partial charge in [0.1, 0.15) is 6.04 Å². The van der Waals surface area contributed by atoms with Gasteiger partial charge in [0.05, 0.1) is 27.4 Å². The minimum Gasteiger partial charge on any atom is -0.480 e. The molecule has 6 nitrogen and oxygen atoms in total. The summed E-state index contributed by atoms with van der Waals surface area (Å²) >= 11 is 12.5. The number of benzene rings is 2. The van der Waals surface area contributed by atoms with Crippen LogP contribution in [0.3, 0.4) is 0 Å². The average Bonchev–Trinajstić information content (AvgIpc) is 3.54. The largest absolute Gasteiger partial charge is 0.480 e. The van der Waals surface area contributed by atoms with Gasteiger partial charge in [0.2, 0.25) is 0 Å². The number of carboxylic acids is 1. The van der Waals surface area contributed by atoms with E-state index in [0.29, 0.717) is 27.9 Å². The van der Waals surface area contributed by atoms with Gasteiger partial charge in [-0.2, -0.15) is 0 Å². The molecule has 1 aromatic heterocycles. The van der Waals surface area contributed by atoms with E-state index < -0.39 is 5.97 Å². The molecule has 3 fully saturated rings. The zero-order valence-corrected chi connectivity index (χ0v) is 23.9. The lowest BCUT2D eigenvalue weighted by atomic mass is 9.83. The van der Waals surface area contributed by atoms with Crippen molar-refractivity contribution in [3.8, 4) is 0 Å². The number of hydrogen-bond acceptors (Lipinski definition) is 4. The van der Waals surface area contributed by atoms with Gasteiger partial charge < -0.3 is 14.6 Å². The molecule has 2 saturated heterocycles. The van der Waals surface area contributed by atoms with Crippen LogP contribution in [0.25, 0.3) is 11.0 Å². The van der Waals surface area contributed by atoms with Crippen LogP contribution in [0, 0.1) is 11.8 Å². The van der Waals surface area contributed by atoms with Crippen LogP contribution in [0.2, 0.25) is 10.0 Å². The van der Waals surface area contributed by atoms with Crippen LogP contribution in [0.15, 0.2) is 48.8 Å². The number of aliphatic carboxylic acids is 1. The Kier molecular flexibility index (Phi) is 8.17. The lowest BCUT2D eigenvalue weighted by Gasteiger charge is -2.36. The van der Waals surface area contributed by atoms with Crippen molar-refractivity contribution in [3.05, 3.63) is 64.4 Å². The summed E-state index contributed by atoms with van der Waals surface area (Å²) < 4.78 is 2.26. The summed E-state index contributed by atoms with van der Waals surface area (Å²) in [5.74, 6) is 0.419. The molecule has 2 aromatic carbocycles. The van der Waals surface area contributed by atoms with E-state index in [0.717, 1.165) is 82.3 Å². The highest BCUT2D eigenvalue weighted by Gasteiger charge is 2.43. The molecule has 0 spiro atoms. The second-order valence-electron chi connectivity index (χ2n) is 11.9. The maximum Gasteiger partial charge on any atom is 0.321 e. The lowest BCUT2D eigenvalue weighted by Crippen LogP contribution is -2.46. The number of rotatable bonds is 7. The SMILES string of the molecule is O=C(O)C(C1CCCCC1)N1CC(CN2CCC(n3cnc4cc(Cl)c(Cl)cc43)CC2)C(c2ccccc2)C1. The molecular weight excluding hydrogens is 531 g/mol. The van der Waals surface area contributed by atoms with E-state index >= 15 is 0 Å². The first-order valence-electron chi connectivity index (χ1n) is 14.5. The highest BCUT2D eigenvalue weighted by atomic mass is 35.5. The van der Waals surface area contributed by atoms with Crippen LogP contribution in [-0.2, 0) is 4.79 Å². The normalized spacial score (nSPS) is 24.9. The van der Waals surface area contributed by atoms with Crippen LogP contribution in [0.4, 0.5) is 0 Å². The predicted octanol–water partition coefficient (Wildman–Crippen LogP) is 6.73. The van der Waals surface area contributed by atoms with Crippen LogP contribution < -0.4 is 0 Å². The number of piperidine rings is 1. The van der Waals surface area contributed by atoms with Gasteiger partial charge in [-0.25, -0.2) is 4.98 Å². The maximum atomic E-state index is 12.5. The number of halogens is 2. The Morgan fingerprint density at radius 3 is 2.41 bits per heavy atom. The molecule has 2 aliphatic heterocycles. The molecule has 1 N–H and O–H groups in total. The molecule has 8 heteroatoms. The van der Waals surface area contributed by atoms with Gasteiger partial charge in [-0.15, -0.1) is 0 Å². The summed E-state index contributed by atoms with van der Waals surface area (Å²) in [6, 6.07) is 14.6. The van der Waals surface area contributed by atoms with E-state index in [1.165, 1.54) is 12.0 Å². The van der Waals surface area contributed by atoms with Crippen LogP contribution >= 0.6 is 23.2 Å². The first-order chi connectivity index (χ1) is 19.0. The van der Waals surface area contributed by atoms with Crippen molar-refractivity contribution in [1.29, 1.82) is 0 Å². The summed E-state index contributed by atoms with van der Waals surface area (Å²) in [6.07, 6.45) is 9.68. The number of hydrogen-bond donors (Lipinski definition) is 1. The Morgan fingerprint density at radius 2 is 1.69 bits per heavy atom. The monoisotopic (exact) mass is 568 g/mol. The van der Waals surface area contributed by atoms with Crippen molar-refractivity contribution in [1.82, 2.24) is 19.4 Å². The van der Waals surface area contributed by atoms with Gasteiger partial charge in [0.15, 0.2) is 0 Å². The first-order valence-corrected chi connectivity index (χ1v) is 15.3. The summed E-state index contributed by atoms with van der Waals surface area (Å²) in [7, 11) is 0. The Morgan fingerprint density at radius 1 is 0.974 bits per heavy atom. The molecule has 3 atom stereocenters. The third-order valence-electron chi connectivity index (χ3n) is 9.50. The topological polar surface area (TPSA) is 61.6 Å². The third-order valence-corrected chi connectivity index (χ3v) is 10.2. The summed E-state index contributed by atoms with van der Waals surface area (Å²) in [5.41, 5.74) is 3.27. The second kappa shape index (κ2) is 11.8. The standard InChI is InChI=1S/C31H38Cl2N4O2/c32-26-15-28-29(16-27(26)33)37(20-34-28)24-11-13-35(14-12-24)17-23-18-36(19-25(23)21-7-3-1-4-8-21)30(31(38)39)22-9-5-2-6-10-22/h1,3-4,7-8,15-16,20,22-25,30H,2,5-6,9-14,17-19H2,(H,38,39). The summed E-state index contributed by atoms with van der Waals surface area (Å²) in [6.45, 7) is 4.75. The molecular formula is C31H38Cl2N4O2. The van der Waals surface area contributed by atoms with E-state index in [2.05, 4.69) is 49.7 Å². The average molecular weight is 570 g/mol. The molecule has 6 rings (SSSR count). The first kappa shape index (κ1) is 27.1. The minimum atomic E-state index is -0.635. The van der Waals surface area contributed by atoms with Crippen LogP contribution in [0.5, 0.6) is 0 Å². The summed E-state index contributed by atoms with van der Waals surface area (Å²) in [5, 5.41) is 11.4. The molecule has 3 aliphatic rings. The zero-order chi connectivity index (χ0) is 26.9. The van der Waals surface area contributed by atoms with Crippen molar-refractivity contribution < 1.29 is 9.90 Å². The molecule has 3 aromatic rings. The van der Waals surface area contributed by atoms with Gasteiger partial charge in [-0.3, -0.25) is 9.69 Å². The Bertz CT molecular complexity index is 1280. The van der Waals surface area contributed by atoms with Gasteiger partial charge in [-0.1, -0.05) is 72.8 Å². The molecule has 3 heterocycles. The van der Waals surface area contributed by atoms with Crippen LogP contribution in [0.1, 0.15) is 62.5 Å². The van der Waals surface area contributed by atoms with Crippen molar-refractivity contribution in [2.24, 2.45) is 11.8 Å². The van der Waals surface area contributed by atoms with E-state index in [9.17, 15) is 9.90 Å². The van der Waals surface area contributed by atoms with Crippen molar-refractivity contribution in [2.75, 3.05) is 32.7 Å². The molecule has 39 heavy (non-hydrogen) atoms. The van der Waals surface area contributed by atoms with E-state index in [1.54, 1.807) is 0 Å². The molecule has 3 unspecified atom stereocenters. The number of carbonyl (C=O) groups is 1. The van der Waals surface area contributed by atoms with Gasteiger partial charge >= 0.3 is 5.97 Å². The molecule has 0 amide bonds. The van der Waals surface area contributed by atoms with Crippen molar-refractivity contribution in [2.45, 2.75) is 62.9 Å². The Labute approximate surface area is 240 Å². The number of likely N-dealkylation sites (tertiary alicyclic amines) is 2. The fourth-order valence-electron chi connectivity index (χ4n) is 7.53. The number of aromatic nitrogens is 2. The van der Waals surface area contributed by atoms with E-state index in [1.807, 2.05) is 18.5 Å². The highest BCUT2D eigenvalue weighted by molar-refractivity contribution is 6.42. The lowest BCUT2D eigenvalue weighted by molar-refractivity contribution is -0.145. The quantitative estimate of drug-likeness (QED) is 0.342. The molecule has 208 valence electrons. The maximum absolute atomic E-state index is 12.5. The third kappa shape index (κ3) is 5.72.